The van der Waals surface area contributed by atoms with Gasteiger partial charge in [0.15, 0.2) is 0 Å². The fourth-order valence-electron chi connectivity index (χ4n) is 3.12. The van der Waals surface area contributed by atoms with E-state index in [0.717, 1.165) is 17.4 Å². The smallest absolute Gasteiger partial charge is 0.221 e. The second-order valence-electron chi connectivity index (χ2n) is 6.11. The minimum Gasteiger partial charge on any atom is -0.495 e. The van der Waals surface area contributed by atoms with Crippen LogP contribution in [-0.2, 0) is 11.3 Å². The van der Waals surface area contributed by atoms with Crippen molar-refractivity contribution in [2.24, 2.45) is 0 Å². The molecule has 1 amide bonds. The Labute approximate surface area is 136 Å². The molecule has 1 saturated heterocycles. The van der Waals surface area contributed by atoms with Crippen LogP contribution in [0.4, 0.5) is 5.69 Å². The monoisotopic (exact) mass is 313 g/mol. The zero-order chi connectivity index (χ0) is 16.2. The molecule has 0 saturated carbocycles. The van der Waals surface area contributed by atoms with E-state index in [9.17, 15) is 4.79 Å². The number of hydrogen-bond donors (Lipinski definition) is 1. The minimum atomic E-state index is -0.121. The summed E-state index contributed by atoms with van der Waals surface area (Å²) in [6.45, 7) is 4.77. The molecule has 1 aromatic heterocycles. The van der Waals surface area contributed by atoms with Crippen molar-refractivity contribution < 1.29 is 9.53 Å². The van der Waals surface area contributed by atoms with Crippen molar-refractivity contribution in [3.05, 3.63) is 30.0 Å². The molecule has 0 radical (unpaired) electrons. The van der Waals surface area contributed by atoms with Crippen LogP contribution in [0, 0.1) is 0 Å². The van der Waals surface area contributed by atoms with Crippen LogP contribution in [0.15, 0.2) is 24.4 Å². The molecule has 0 bridgehead atoms. The van der Waals surface area contributed by atoms with Gasteiger partial charge in [0.25, 0.3) is 0 Å². The predicted molar refractivity (Wildman–Crippen MR) is 91.7 cm³/mol. The summed E-state index contributed by atoms with van der Waals surface area (Å²) in [7, 11) is 1.61. The minimum absolute atomic E-state index is 0.121. The van der Waals surface area contributed by atoms with Gasteiger partial charge >= 0.3 is 0 Å². The summed E-state index contributed by atoms with van der Waals surface area (Å²) in [5.74, 6) is 0.536. The number of anilines is 1. The number of ether oxygens (including phenoxy) is 1. The highest BCUT2D eigenvalue weighted by atomic mass is 16.5. The number of nitrogens with one attached hydrogen (secondary N) is 1. The SMILES string of the molecule is COc1cc2cc(CN3CCCCC3)cnc2cc1NC(C)=O. The molecule has 1 aromatic carbocycles. The molecular weight excluding hydrogens is 290 g/mol. The molecule has 5 nitrogen and oxygen atoms in total. The Morgan fingerprint density at radius 1 is 1.26 bits per heavy atom. The molecule has 122 valence electrons. The van der Waals surface area contributed by atoms with Crippen LogP contribution in [0.25, 0.3) is 10.9 Å². The second-order valence-corrected chi connectivity index (χ2v) is 6.11. The number of methoxy groups -OCH3 is 1. The van der Waals surface area contributed by atoms with Gasteiger partial charge in [0.2, 0.25) is 5.91 Å². The summed E-state index contributed by atoms with van der Waals surface area (Å²) in [4.78, 5) is 18.3. The average Bonchev–Trinajstić information content (AvgIpc) is 2.55. The lowest BCUT2D eigenvalue weighted by Gasteiger charge is -2.26. The first kappa shape index (κ1) is 15.7. The van der Waals surface area contributed by atoms with Gasteiger partial charge < -0.3 is 10.1 Å². The van der Waals surface area contributed by atoms with Crippen molar-refractivity contribution in [1.29, 1.82) is 0 Å². The van der Waals surface area contributed by atoms with Crippen molar-refractivity contribution in [2.75, 3.05) is 25.5 Å². The number of piperidine rings is 1. The molecule has 0 atom stereocenters. The van der Waals surface area contributed by atoms with Gasteiger partial charge in [-0.3, -0.25) is 14.7 Å². The number of fused-ring (bicyclic) bond motifs is 1. The number of carbonyl (C=O) groups excluding carboxylic acids is 1. The lowest BCUT2D eigenvalue weighted by molar-refractivity contribution is -0.114. The molecule has 5 heteroatoms. The number of benzene rings is 1. The van der Waals surface area contributed by atoms with Gasteiger partial charge in [-0.2, -0.15) is 0 Å². The van der Waals surface area contributed by atoms with E-state index in [1.165, 1.54) is 44.8 Å². The van der Waals surface area contributed by atoms with Gasteiger partial charge in [-0.05, 0) is 49.7 Å². The molecule has 1 aliphatic heterocycles. The van der Waals surface area contributed by atoms with Gasteiger partial charge in [0.05, 0.1) is 18.3 Å². The van der Waals surface area contributed by atoms with E-state index >= 15 is 0 Å². The zero-order valence-electron chi connectivity index (χ0n) is 13.8. The molecular formula is C18H23N3O2. The van der Waals surface area contributed by atoms with Crippen LogP contribution in [-0.4, -0.2) is 36.0 Å². The second kappa shape index (κ2) is 6.96. The molecule has 23 heavy (non-hydrogen) atoms. The molecule has 2 heterocycles. The fraction of sp³-hybridized carbons (Fsp3) is 0.444. The highest BCUT2D eigenvalue weighted by Gasteiger charge is 2.12. The van der Waals surface area contributed by atoms with Gasteiger partial charge in [-0.15, -0.1) is 0 Å². The molecule has 1 N–H and O–H groups in total. The third kappa shape index (κ3) is 3.79. The van der Waals surface area contributed by atoms with Crippen LogP contribution in [0.3, 0.4) is 0 Å². The lowest BCUT2D eigenvalue weighted by atomic mass is 10.1. The van der Waals surface area contributed by atoms with Crippen molar-refractivity contribution in [3.63, 3.8) is 0 Å². The van der Waals surface area contributed by atoms with E-state index in [1.807, 2.05) is 18.3 Å². The molecule has 1 aliphatic rings. The molecule has 2 aromatic rings. The average molecular weight is 313 g/mol. The molecule has 0 aliphatic carbocycles. The quantitative estimate of drug-likeness (QED) is 0.942. The summed E-state index contributed by atoms with van der Waals surface area (Å²) in [6.07, 6.45) is 5.85. The van der Waals surface area contributed by atoms with Crippen molar-refractivity contribution in [3.8, 4) is 5.75 Å². The number of likely N-dealkylation sites (tertiary alicyclic amines) is 1. The van der Waals surface area contributed by atoms with Crippen LogP contribution >= 0.6 is 0 Å². The first-order valence-corrected chi connectivity index (χ1v) is 8.12. The number of pyridine rings is 1. The van der Waals surface area contributed by atoms with E-state index in [0.29, 0.717) is 11.4 Å². The highest BCUT2D eigenvalue weighted by molar-refractivity contribution is 5.94. The predicted octanol–water partition coefficient (Wildman–Crippen LogP) is 3.19. The van der Waals surface area contributed by atoms with Crippen LogP contribution in [0.1, 0.15) is 31.7 Å². The van der Waals surface area contributed by atoms with Gasteiger partial charge in [-0.1, -0.05) is 6.42 Å². The molecule has 0 unspecified atom stereocenters. The van der Waals surface area contributed by atoms with E-state index in [-0.39, 0.29) is 5.91 Å². The van der Waals surface area contributed by atoms with Crippen molar-refractivity contribution in [2.45, 2.75) is 32.7 Å². The van der Waals surface area contributed by atoms with E-state index in [2.05, 4.69) is 21.3 Å². The van der Waals surface area contributed by atoms with Crippen molar-refractivity contribution >= 4 is 22.5 Å². The van der Waals surface area contributed by atoms with Crippen LogP contribution in [0.5, 0.6) is 5.75 Å². The van der Waals surface area contributed by atoms with Crippen LogP contribution < -0.4 is 10.1 Å². The first-order chi connectivity index (χ1) is 11.2. The lowest BCUT2D eigenvalue weighted by Crippen LogP contribution is -2.29. The highest BCUT2D eigenvalue weighted by Crippen LogP contribution is 2.30. The molecule has 0 spiro atoms. The topological polar surface area (TPSA) is 54.5 Å². The number of carbonyl (C=O) groups is 1. The maximum Gasteiger partial charge on any atom is 0.221 e. The Kier molecular flexibility index (Phi) is 4.76. The third-order valence-electron chi connectivity index (χ3n) is 4.22. The number of hydrogen-bond acceptors (Lipinski definition) is 4. The summed E-state index contributed by atoms with van der Waals surface area (Å²) < 4.78 is 5.39. The van der Waals surface area contributed by atoms with Gasteiger partial charge in [0.1, 0.15) is 5.75 Å². The van der Waals surface area contributed by atoms with Crippen molar-refractivity contribution in [1.82, 2.24) is 9.88 Å². The maximum absolute atomic E-state index is 11.3. The normalized spacial score (nSPS) is 15.6. The van der Waals surface area contributed by atoms with Crippen LogP contribution in [0.2, 0.25) is 0 Å². The number of aromatic nitrogens is 1. The molecule has 1 fully saturated rings. The Hall–Kier alpha value is -2.14. The Bertz CT molecular complexity index is 709. The van der Waals surface area contributed by atoms with Gasteiger partial charge in [-0.25, -0.2) is 0 Å². The summed E-state index contributed by atoms with van der Waals surface area (Å²) >= 11 is 0. The summed E-state index contributed by atoms with van der Waals surface area (Å²) in [6, 6.07) is 5.96. The number of nitrogens with zero attached hydrogens (tertiary/aromatic N) is 2. The number of rotatable bonds is 4. The Morgan fingerprint density at radius 3 is 2.74 bits per heavy atom. The summed E-state index contributed by atoms with van der Waals surface area (Å²) in [5, 5.41) is 3.82. The largest absolute Gasteiger partial charge is 0.495 e. The van der Waals surface area contributed by atoms with E-state index in [4.69, 9.17) is 4.74 Å². The first-order valence-electron chi connectivity index (χ1n) is 8.12. The third-order valence-corrected chi connectivity index (χ3v) is 4.22. The molecule has 3 rings (SSSR count). The van der Waals surface area contributed by atoms with E-state index in [1.54, 1.807) is 7.11 Å². The fourth-order valence-corrected chi connectivity index (χ4v) is 3.12. The summed E-state index contributed by atoms with van der Waals surface area (Å²) in [5.41, 5.74) is 2.73. The Balaban J connectivity index is 1.88. The van der Waals surface area contributed by atoms with Gasteiger partial charge in [0, 0.05) is 25.1 Å². The number of amides is 1. The maximum atomic E-state index is 11.3. The standard InChI is InChI=1S/C18H23N3O2/c1-13(22)20-17-10-16-15(9-18(17)23-2)8-14(11-19-16)12-21-6-4-3-5-7-21/h8-11H,3-7,12H2,1-2H3,(H,20,22). The van der Waals surface area contributed by atoms with E-state index < -0.39 is 0 Å². The Morgan fingerprint density at radius 2 is 2.04 bits per heavy atom. The zero-order valence-corrected chi connectivity index (χ0v) is 13.8.